The third-order valence-electron chi connectivity index (χ3n) is 4.85. The lowest BCUT2D eigenvalue weighted by molar-refractivity contribution is -0.134. The second-order valence-corrected chi connectivity index (χ2v) is 6.61. The summed E-state index contributed by atoms with van der Waals surface area (Å²) in [5, 5.41) is 2.91. The van der Waals surface area contributed by atoms with Crippen molar-refractivity contribution < 1.29 is 14.3 Å². The molecule has 5 nitrogen and oxygen atoms in total. The Bertz CT molecular complexity index is 919. The van der Waals surface area contributed by atoms with Crippen LogP contribution in [0.5, 0.6) is 0 Å². The van der Waals surface area contributed by atoms with E-state index in [2.05, 4.69) is 5.32 Å². The van der Waals surface area contributed by atoms with Gasteiger partial charge in [-0.1, -0.05) is 91.0 Å². The van der Waals surface area contributed by atoms with E-state index in [1.807, 2.05) is 91.0 Å². The molecule has 0 spiro atoms. The first-order valence-electron chi connectivity index (χ1n) is 9.08. The van der Waals surface area contributed by atoms with Gasteiger partial charge < -0.3 is 10.1 Å². The van der Waals surface area contributed by atoms with Crippen LogP contribution in [0.3, 0.4) is 0 Å². The van der Waals surface area contributed by atoms with Crippen molar-refractivity contribution in [1.29, 1.82) is 0 Å². The molecule has 3 aromatic rings. The minimum atomic E-state index is -1.25. The Labute approximate surface area is 163 Å². The predicted octanol–water partition coefficient (Wildman–Crippen LogP) is 3.66. The first kappa shape index (κ1) is 17.9. The van der Waals surface area contributed by atoms with Gasteiger partial charge in [-0.3, -0.25) is 4.79 Å². The van der Waals surface area contributed by atoms with Crippen molar-refractivity contribution in [2.75, 3.05) is 6.73 Å². The van der Waals surface area contributed by atoms with Crippen molar-refractivity contribution in [3.05, 3.63) is 108 Å². The van der Waals surface area contributed by atoms with Gasteiger partial charge in [0.05, 0.1) is 6.61 Å². The van der Waals surface area contributed by atoms with Crippen LogP contribution in [0.1, 0.15) is 16.7 Å². The Morgan fingerprint density at radius 3 is 1.79 bits per heavy atom. The van der Waals surface area contributed by atoms with Gasteiger partial charge in [0.2, 0.25) is 0 Å². The van der Waals surface area contributed by atoms with Gasteiger partial charge in [-0.05, 0) is 16.7 Å². The molecule has 1 aliphatic heterocycles. The Morgan fingerprint density at radius 2 is 1.25 bits per heavy atom. The predicted molar refractivity (Wildman–Crippen MR) is 105 cm³/mol. The number of hydrogen-bond acceptors (Lipinski definition) is 3. The second-order valence-electron chi connectivity index (χ2n) is 6.61. The zero-order chi connectivity index (χ0) is 19.4. The topological polar surface area (TPSA) is 58.6 Å². The molecule has 0 atom stereocenters. The lowest BCUT2D eigenvalue weighted by atomic mass is 9.83. The number of imide groups is 1. The Balaban J connectivity index is 1.62. The fraction of sp³-hybridized carbons (Fsp3) is 0.130. The van der Waals surface area contributed by atoms with Crippen molar-refractivity contribution in [2.45, 2.75) is 12.1 Å². The number of amides is 3. The van der Waals surface area contributed by atoms with E-state index in [1.165, 1.54) is 0 Å². The number of urea groups is 1. The summed E-state index contributed by atoms with van der Waals surface area (Å²) in [4.78, 5) is 27.3. The lowest BCUT2D eigenvalue weighted by Gasteiger charge is -2.28. The maximum Gasteiger partial charge on any atom is 0.327 e. The molecule has 1 heterocycles. The summed E-state index contributed by atoms with van der Waals surface area (Å²) >= 11 is 0. The minimum absolute atomic E-state index is 0.110. The standard InChI is InChI=1S/C23H20N2O3/c26-21-23(19-12-6-2-7-13-19,20-14-8-3-9-15-20)24-22(27)25(21)17-28-16-18-10-4-1-5-11-18/h1-15H,16-17H2,(H,24,27). The molecule has 3 aromatic carbocycles. The third-order valence-corrected chi connectivity index (χ3v) is 4.85. The van der Waals surface area contributed by atoms with Gasteiger partial charge in [0.15, 0.2) is 5.54 Å². The fourth-order valence-corrected chi connectivity index (χ4v) is 3.46. The highest BCUT2D eigenvalue weighted by molar-refractivity contribution is 6.09. The van der Waals surface area contributed by atoms with E-state index >= 15 is 0 Å². The Kier molecular flexibility index (Phi) is 4.91. The summed E-state index contributed by atoms with van der Waals surface area (Å²) < 4.78 is 5.65. The van der Waals surface area contributed by atoms with Crippen LogP contribution in [0.25, 0.3) is 0 Å². The molecule has 0 unspecified atom stereocenters. The van der Waals surface area contributed by atoms with E-state index in [1.54, 1.807) is 0 Å². The van der Waals surface area contributed by atoms with Crippen molar-refractivity contribution in [3.63, 3.8) is 0 Å². The Morgan fingerprint density at radius 1 is 0.750 bits per heavy atom. The maximum absolute atomic E-state index is 13.4. The number of carbonyl (C=O) groups excluding carboxylic acids is 2. The molecule has 28 heavy (non-hydrogen) atoms. The fourth-order valence-electron chi connectivity index (χ4n) is 3.46. The monoisotopic (exact) mass is 372 g/mol. The van der Waals surface area contributed by atoms with Crippen molar-refractivity contribution in [3.8, 4) is 0 Å². The molecule has 1 N–H and O–H groups in total. The summed E-state index contributed by atoms with van der Waals surface area (Å²) in [6, 6.07) is 27.7. The Hall–Kier alpha value is -3.44. The van der Waals surface area contributed by atoms with Crippen LogP contribution >= 0.6 is 0 Å². The number of nitrogens with one attached hydrogen (secondary N) is 1. The number of nitrogens with zero attached hydrogens (tertiary/aromatic N) is 1. The van der Waals surface area contributed by atoms with Crippen LogP contribution < -0.4 is 5.32 Å². The van der Waals surface area contributed by atoms with Gasteiger partial charge in [-0.25, -0.2) is 9.69 Å². The average Bonchev–Trinajstić information content (AvgIpc) is 3.01. The summed E-state index contributed by atoms with van der Waals surface area (Å²) in [6.45, 7) is 0.211. The molecule has 3 amide bonds. The summed E-state index contributed by atoms with van der Waals surface area (Å²) in [6.07, 6.45) is 0. The van der Waals surface area contributed by atoms with E-state index < -0.39 is 11.6 Å². The third kappa shape index (κ3) is 3.17. The molecular formula is C23H20N2O3. The molecule has 0 radical (unpaired) electrons. The first-order valence-corrected chi connectivity index (χ1v) is 9.08. The molecule has 4 rings (SSSR count). The van der Waals surface area contributed by atoms with E-state index in [0.717, 1.165) is 10.5 Å². The maximum atomic E-state index is 13.4. The van der Waals surface area contributed by atoms with Crippen molar-refractivity contribution in [1.82, 2.24) is 10.2 Å². The molecule has 1 fully saturated rings. The zero-order valence-electron chi connectivity index (χ0n) is 15.2. The molecule has 0 saturated carbocycles. The SMILES string of the molecule is O=C1NC(c2ccccc2)(c2ccccc2)C(=O)N1COCc1ccccc1. The van der Waals surface area contributed by atoms with Gasteiger partial charge in [-0.15, -0.1) is 0 Å². The van der Waals surface area contributed by atoms with Crippen molar-refractivity contribution >= 4 is 11.9 Å². The van der Waals surface area contributed by atoms with Crippen molar-refractivity contribution in [2.24, 2.45) is 0 Å². The number of rotatable bonds is 6. The van der Waals surface area contributed by atoms with Crippen LogP contribution in [0.2, 0.25) is 0 Å². The summed E-state index contributed by atoms with van der Waals surface area (Å²) in [5.41, 5.74) is 1.15. The molecular weight excluding hydrogens is 352 g/mol. The van der Waals surface area contributed by atoms with Crippen LogP contribution in [0, 0.1) is 0 Å². The summed E-state index contributed by atoms with van der Waals surface area (Å²) in [5.74, 6) is -0.344. The molecule has 1 aliphatic rings. The highest BCUT2D eigenvalue weighted by Crippen LogP contribution is 2.35. The van der Waals surface area contributed by atoms with Crippen LogP contribution in [0.15, 0.2) is 91.0 Å². The second kappa shape index (κ2) is 7.66. The zero-order valence-corrected chi connectivity index (χ0v) is 15.2. The molecule has 0 aromatic heterocycles. The lowest BCUT2D eigenvalue weighted by Crippen LogP contribution is -2.45. The van der Waals surface area contributed by atoms with Gasteiger partial charge in [0, 0.05) is 0 Å². The number of ether oxygens (including phenoxy) is 1. The number of hydrogen-bond donors (Lipinski definition) is 1. The molecule has 1 saturated heterocycles. The van der Waals surface area contributed by atoms with E-state index in [0.29, 0.717) is 17.7 Å². The first-order chi connectivity index (χ1) is 13.7. The van der Waals surface area contributed by atoms with Gasteiger partial charge in [0.1, 0.15) is 6.73 Å². The van der Waals surface area contributed by atoms with E-state index in [-0.39, 0.29) is 12.6 Å². The van der Waals surface area contributed by atoms with E-state index in [9.17, 15) is 9.59 Å². The number of carbonyl (C=O) groups is 2. The summed E-state index contributed by atoms with van der Waals surface area (Å²) in [7, 11) is 0. The van der Waals surface area contributed by atoms with Crippen LogP contribution in [-0.2, 0) is 21.7 Å². The minimum Gasteiger partial charge on any atom is -0.356 e. The van der Waals surface area contributed by atoms with Gasteiger partial charge in [0.25, 0.3) is 5.91 Å². The largest absolute Gasteiger partial charge is 0.356 e. The van der Waals surface area contributed by atoms with Gasteiger partial charge in [-0.2, -0.15) is 0 Å². The molecule has 0 aliphatic carbocycles. The van der Waals surface area contributed by atoms with Crippen LogP contribution in [0.4, 0.5) is 4.79 Å². The van der Waals surface area contributed by atoms with Crippen LogP contribution in [-0.4, -0.2) is 23.6 Å². The van der Waals surface area contributed by atoms with E-state index in [4.69, 9.17) is 4.74 Å². The highest BCUT2D eigenvalue weighted by Gasteiger charge is 2.53. The number of benzene rings is 3. The highest BCUT2D eigenvalue weighted by atomic mass is 16.5. The molecule has 140 valence electrons. The normalized spacial score (nSPS) is 15.5. The molecule has 0 bridgehead atoms. The quantitative estimate of drug-likeness (QED) is 0.672. The smallest absolute Gasteiger partial charge is 0.327 e. The molecule has 5 heteroatoms. The van der Waals surface area contributed by atoms with Gasteiger partial charge >= 0.3 is 6.03 Å². The average molecular weight is 372 g/mol.